The van der Waals surface area contributed by atoms with Crippen LogP contribution in [0.4, 0.5) is 5.69 Å². The van der Waals surface area contributed by atoms with E-state index in [-0.39, 0.29) is 17.6 Å². The van der Waals surface area contributed by atoms with Crippen molar-refractivity contribution in [1.82, 2.24) is 10.9 Å². The van der Waals surface area contributed by atoms with Crippen molar-refractivity contribution < 1.29 is 9.53 Å². The molecule has 0 bridgehead atoms. The number of amides is 1. The topological polar surface area (TPSA) is 62.4 Å². The molecule has 25 heavy (non-hydrogen) atoms. The molecule has 0 unspecified atom stereocenters. The Kier molecular flexibility index (Phi) is 6.61. The van der Waals surface area contributed by atoms with Crippen molar-refractivity contribution in [2.24, 2.45) is 0 Å². The van der Waals surface area contributed by atoms with Crippen molar-refractivity contribution in [3.05, 3.63) is 58.1 Å². The highest BCUT2D eigenvalue weighted by atomic mass is 35.5. The third-order valence-corrected chi connectivity index (χ3v) is 3.85. The van der Waals surface area contributed by atoms with Crippen LogP contribution >= 0.6 is 23.8 Å². The van der Waals surface area contributed by atoms with Gasteiger partial charge in [0, 0.05) is 0 Å². The molecule has 0 saturated heterocycles. The molecule has 5 nitrogen and oxygen atoms in total. The SMILES string of the molecule is Cc1cccc(OCC(=O)NNC(=S)Nc2c(C)cc(C)cc2Cl)c1. The molecule has 132 valence electrons. The Bertz CT molecular complexity index is 773. The number of benzene rings is 2. The summed E-state index contributed by atoms with van der Waals surface area (Å²) in [7, 11) is 0. The van der Waals surface area contributed by atoms with E-state index in [9.17, 15) is 4.79 Å². The molecular weight excluding hydrogens is 358 g/mol. The average molecular weight is 378 g/mol. The number of hydrogen-bond donors (Lipinski definition) is 3. The number of hydrogen-bond acceptors (Lipinski definition) is 3. The second-order valence-corrected chi connectivity index (χ2v) is 6.49. The summed E-state index contributed by atoms with van der Waals surface area (Å²) in [6.07, 6.45) is 0. The van der Waals surface area contributed by atoms with Gasteiger partial charge in [0.2, 0.25) is 0 Å². The molecule has 0 aromatic heterocycles. The van der Waals surface area contributed by atoms with Crippen LogP contribution in [0.3, 0.4) is 0 Å². The number of halogens is 1. The fraction of sp³-hybridized carbons (Fsp3) is 0.222. The molecule has 2 aromatic carbocycles. The van der Waals surface area contributed by atoms with Crippen molar-refractivity contribution in [1.29, 1.82) is 0 Å². The van der Waals surface area contributed by atoms with Crippen LogP contribution in [-0.4, -0.2) is 17.6 Å². The third kappa shape index (κ3) is 5.92. The van der Waals surface area contributed by atoms with E-state index in [0.29, 0.717) is 16.5 Å². The van der Waals surface area contributed by atoms with Gasteiger partial charge in [-0.05, 0) is 67.9 Å². The maximum absolute atomic E-state index is 11.8. The zero-order valence-corrected chi connectivity index (χ0v) is 15.8. The lowest BCUT2D eigenvalue weighted by Gasteiger charge is -2.15. The fourth-order valence-corrected chi connectivity index (χ4v) is 2.76. The molecular formula is C18H20ClN3O2S. The summed E-state index contributed by atoms with van der Waals surface area (Å²) in [5, 5.41) is 3.77. The number of thiocarbonyl (C=S) groups is 1. The van der Waals surface area contributed by atoms with Crippen LogP contribution in [0, 0.1) is 20.8 Å². The summed E-state index contributed by atoms with van der Waals surface area (Å²) in [4.78, 5) is 11.8. The standard InChI is InChI=1S/C18H20ClN3O2S/c1-11-5-4-6-14(8-11)24-10-16(23)21-22-18(25)20-17-13(3)7-12(2)9-15(17)19/h4-9H,10H2,1-3H3,(H,21,23)(H2,20,22,25). The van der Waals surface area contributed by atoms with E-state index in [2.05, 4.69) is 16.2 Å². The summed E-state index contributed by atoms with van der Waals surface area (Å²) < 4.78 is 5.41. The van der Waals surface area contributed by atoms with Crippen LogP contribution in [-0.2, 0) is 4.79 Å². The van der Waals surface area contributed by atoms with Gasteiger partial charge in [-0.1, -0.05) is 29.8 Å². The van der Waals surface area contributed by atoms with Crippen LogP contribution in [0.25, 0.3) is 0 Å². The van der Waals surface area contributed by atoms with Gasteiger partial charge in [-0.2, -0.15) is 0 Å². The lowest BCUT2D eigenvalue weighted by Crippen LogP contribution is -2.45. The number of anilines is 1. The minimum absolute atomic E-state index is 0.122. The highest BCUT2D eigenvalue weighted by molar-refractivity contribution is 7.80. The largest absolute Gasteiger partial charge is 0.484 e. The second kappa shape index (κ2) is 8.69. The van der Waals surface area contributed by atoms with Gasteiger partial charge in [0.1, 0.15) is 5.75 Å². The lowest BCUT2D eigenvalue weighted by molar-refractivity contribution is -0.123. The van der Waals surface area contributed by atoms with Gasteiger partial charge >= 0.3 is 0 Å². The number of hydrazine groups is 1. The normalized spacial score (nSPS) is 10.1. The van der Waals surface area contributed by atoms with Crippen LogP contribution < -0.4 is 20.9 Å². The van der Waals surface area contributed by atoms with Crippen molar-refractivity contribution in [3.63, 3.8) is 0 Å². The number of aryl methyl sites for hydroxylation is 3. The van der Waals surface area contributed by atoms with Crippen LogP contribution in [0.15, 0.2) is 36.4 Å². The Balaban J connectivity index is 1.81. The van der Waals surface area contributed by atoms with E-state index in [4.69, 9.17) is 28.6 Å². The smallest absolute Gasteiger partial charge is 0.276 e. The maximum atomic E-state index is 11.8. The van der Waals surface area contributed by atoms with Crippen molar-refractivity contribution >= 4 is 40.5 Å². The molecule has 0 atom stereocenters. The Morgan fingerprint density at radius 1 is 1.12 bits per heavy atom. The molecule has 1 amide bonds. The van der Waals surface area contributed by atoms with Crippen molar-refractivity contribution in [2.75, 3.05) is 11.9 Å². The van der Waals surface area contributed by atoms with Gasteiger partial charge < -0.3 is 10.1 Å². The quantitative estimate of drug-likeness (QED) is 0.560. The Morgan fingerprint density at radius 3 is 2.56 bits per heavy atom. The highest BCUT2D eigenvalue weighted by Gasteiger charge is 2.08. The zero-order valence-electron chi connectivity index (χ0n) is 14.3. The number of carbonyl (C=O) groups is 1. The minimum atomic E-state index is -0.350. The maximum Gasteiger partial charge on any atom is 0.276 e. The monoisotopic (exact) mass is 377 g/mol. The van der Waals surface area contributed by atoms with Gasteiger partial charge in [-0.3, -0.25) is 15.6 Å². The zero-order chi connectivity index (χ0) is 18.4. The summed E-state index contributed by atoms with van der Waals surface area (Å²) in [6, 6.07) is 11.3. The highest BCUT2D eigenvalue weighted by Crippen LogP contribution is 2.27. The molecule has 7 heteroatoms. The first-order valence-corrected chi connectivity index (χ1v) is 8.46. The van der Waals surface area contributed by atoms with E-state index < -0.39 is 0 Å². The summed E-state index contributed by atoms with van der Waals surface area (Å²) in [5.41, 5.74) is 8.90. The molecule has 0 aliphatic heterocycles. The fourth-order valence-electron chi connectivity index (χ4n) is 2.24. The summed E-state index contributed by atoms with van der Waals surface area (Å²) in [6.45, 7) is 5.73. The van der Waals surface area contributed by atoms with Crippen molar-refractivity contribution in [2.45, 2.75) is 20.8 Å². The third-order valence-electron chi connectivity index (χ3n) is 3.35. The van der Waals surface area contributed by atoms with Gasteiger partial charge in [-0.15, -0.1) is 0 Å². The Labute approximate surface area is 157 Å². The first-order chi connectivity index (χ1) is 11.8. The number of ether oxygens (including phenoxy) is 1. The van der Waals surface area contributed by atoms with Crippen LogP contribution in [0.1, 0.15) is 16.7 Å². The average Bonchev–Trinajstić information content (AvgIpc) is 2.54. The van der Waals surface area contributed by atoms with Crippen LogP contribution in [0.5, 0.6) is 5.75 Å². The molecule has 0 fully saturated rings. The molecule has 0 spiro atoms. The van der Waals surface area contributed by atoms with Gasteiger partial charge in [0.25, 0.3) is 5.91 Å². The molecule has 0 aliphatic carbocycles. The van der Waals surface area contributed by atoms with Gasteiger partial charge in [-0.25, -0.2) is 0 Å². The number of nitrogens with one attached hydrogen (secondary N) is 3. The molecule has 2 aromatic rings. The van der Waals surface area contributed by atoms with Gasteiger partial charge in [0.15, 0.2) is 11.7 Å². The van der Waals surface area contributed by atoms with E-state index >= 15 is 0 Å². The van der Waals surface area contributed by atoms with E-state index in [1.54, 1.807) is 6.07 Å². The number of rotatable bonds is 4. The van der Waals surface area contributed by atoms with E-state index in [1.165, 1.54) is 0 Å². The first kappa shape index (κ1) is 19.0. The molecule has 0 aliphatic rings. The molecule has 0 radical (unpaired) electrons. The molecule has 0 heterocycles. The first-order valence-electron chi connectivity index (χ1n) is 7.67. The summed E-state index contributed by atoms with van der Waals surface area (Å²) >= 11 is 11.4. The predicted octanol–water partition coefficient (Wildman–Crippen LogP) is 3.66. The molecule has 2 rings (SSSR count). The van der Waals surface area contributed by atoms with Crippen LogP contribution in [0.2, 0.25) is 5.02 Å². The Morgan fingerprint density at radius 2 is 1.88 bits per heavy atom. The van der Waals surface area contributed by atoms with E-state index in [0.717, 1.165) is 16.7 Å². The second-order valence-electron chi connectivity index (χ2n) is 5.67. The molecule has 0 saturated carbocycles. The van der Waals surface area contributed by atoms with E-state index in [1.807, 2.05) is 51.1 Å². The number of carbonyl (C=O) groups excluding carboxylic acids is 1. The lowest BCUT2D eigenvalue weighted by atomic mass is 10.1. The molecule has 3 N–H and O–H groups in total. The minimum Gasteiger partial charge on any atom is -0.484 e. The summed E-state index contributed by atoms with van der Waals surface area (Å²) in [5.74, 6) is 0.287. The van der Waals surface area contributed by atoms with Crippen molar-refractivity contribution in [3.8, 4) is 5.75 Å². The van der Waals surface area contributed by atoms with Gasteiger partial charge in [0.05, 0.1) is 10.7 Å². The Hall–Kier alpha value is -2.31. The predicted molar refractivity (Wildman–Crippen MR) is 105 cm³/mol.